The Morgan fingerprint density at radius 1 is 1.35 bits per heavy atom. The highest BCUT2D eigenvalue weighted by Crippen LogP contribution is 2.40. The summed E-state index contributed by atoms with van der Waals surface area (Å²) in [5.41, 5.74) is 3.15. The highest BCUT2D eigenvalue weighted by Gasteiger charge is 2.25. The molecule has 1 aliphatic rings. The average molecular weight is 385 g/mol. The first-order valence-corrected chi connectivity index (χ1v) is 10.5. The first-order chi connectivity index (χ1) is 12.7. The molecular formula is C20H20N2O2S2. The molecule has 6 heteroatoms. The van der Waals surface area contributed by atoms with Crippen molar-refractivity contribution in [2.24, 2.45) is 4.99 Å². The maximum Gasteiger partial charge on any atom is 0.255 e. The lowest BCUT2D eigenvalue weighted by atomic mass is 9.95. The van der Waals surface area contributed by atoms with E-state index in [0.717, 1.165) is 40.5 Å². The zero-order chi connectivity index (χ0) is 17.9. The van der Waals surface area contributed by atoms with Gasteiger partial charge in [0.05, 0.1) is 18.4 Å². The molecule has 0 radical (unpaired) electrons. The highest BCUT2D eigenvalue weighted by molar-refractivity contribution is 7.16. The lowest BCUT2D eigenvalue weighted by molar-refractivity contribution is 0.0948. The molecular weight excluding hydrogens is 364 g/mol. The standard InChI is InChI=1S/C20H20N2O2S2/c1-13-8-10-25-17(13)12-22-20-18(15-6-2-3-7-16(15)26-20)19(23)21-11-14-5-4-9-24-14/h4-5,8-10,12H,2-3,6-7,11H2,1H3,(H,21,23). The number of fused-ring (bicyclic) bond motifs is 1. The number of amides is 1. The predicted molar refractivity (Wildman–Crippen MR) is 107 cm³/mol. The molecule has 1 aliphatic carbocycles. The number of thiophene rings is 2. The van der Waals surface area contributed by atoms with Crippen molar-refractivity contribution >= 4 is 39.8 Å². The van der Waals surface area contributed by atoms with Crippen molar-refractivity contribution in [1.82, 2.24) is 5.32 Å². The summed E-state index contributed by atoms with van der Waals surface area (Å²) in [5, 5.41) is 5.87. The van der Waals surface area contributed by atoms with Crippen LogP contribution in [0.15, 0.2) is 39.3 Å². The summed E-state index contributed by atoms with van der Waals surface area (Å²) in [4.78, 5) is 20.1. The van der Waals surface area contributed by atoms with Gasteiger partial charge in [0.1, 0.15) is 10.8 Å². The summed E-state index contributed by atoms with van der Waals surface area (Å²) < 4.78 is 5.31. The third kappa shape index (κ3) is 3.52. The normalized spacial score (nSPS) is 13.9. The van der Waals surface area contributed by atoms with Crippen LogP contribution in [0.2, 0.25) is 0 Å². The van der Waals surface area contributed by atoms with Crippen LogP contribution in [0.1, 0.15) is 49.8 Å². The molecule has 3 aromatic rings. The Kier molecular flexibility index (Phi) is 5.04. The van der Waals surface area contributed by atoms with Gasteiger partial charge in [-0.15, -0.1) is 22.7 Å². The van der Waals surface area contributed by atoms with Crippen molar-refractivity contribution in [1.29, 1.82) is 0 Å². The van der Waals surface area contributed by atoms with Crippen LogP contribution in [-0.2, 0) is 19.4 Å². The molecule has 0 saturated heterocycles. The van der Waals surface area contributed by atoms with Gasteiger partial charge in [-0.3, -0.25) is 4.79 Å². The average Bonchev–Trinajstić information content (AvgIpc) is 3.37. The van der Waals surface area contributed by atoms with Gasteiger partial charge in [-0.25, -0.2) is 4.99 Å². The number of aliphatic imine (C=N–C) groups is 1. The number of carbonyl (C=O) groups is 1. The molecule has 0 aromatic carbocycles. The monoisotopic (exact) mass is 384 g/mol. The van der Waals surface area contributed by atoms with Gasteiger partial charge >= 0.3 is 0 Å². The number of rotatable bonds is 5. The third-order valence-electron chi connectivity index (χ3n) is 4.58. The number of aryl methyl sites for hydroxylation is 2. The summed E-state index contributed by atoms with van der Waals surface area (Å²) in [6.45, 7) is 2.47. The quantitative estimate of drug-likeness (QED) is 0.609. The molecule has 4 nitrogen and oxygen atoms in total. The Labute approximate surface area is 160 Å². The van der Waals surface area contributed by atoms with Crippen molar-refractivity contribution in [3.8, 4) is 0 Å². The van der Waals surface area contributed by atoms with E-state index in [-0.39, 0.29) is 5.91 Å². The first-order valence-electron chi connectivity index (χ1n) is 8.75. The van der Waals surface area contributed by atoms with E-state index in [2.05, 4.69) is 23.7 Å². The molecule has 0 spiro atoms. The Balaban J connectivity index is 1.63. The number of hydrogen-bond donors (Lipinski definition) is 1. The van der Waals surface area contributed by atoms with Crippen LogP contribution in [0.3, 0.4) is 0 Å². The van der Waals surface area contributed by atoms with Gasteiger partial charge in [0.25, 0.3) is 5.91 Å². The van der Waals surface area contributed by atoms with E-state index in [1.807, 2.05) is 18.3 Å². The Bertz CT molecular complexity index is 935. The van der Waals surface area contributed by atoms with Crippen LogP contribution in [0.4, 0.5) is 5.00 Å². The van der Waals surface area contributed by atoms with Crippen molar-refractivity contribution in [2.45, 2.75) is 39.2 Å². The zero-order valence-electron chi connectivity index (χ0n) is 14.6. The van der Waals surface area contributed by atoms with Crippen LogP contribution in [0, 0.1) is 6.92 Å². The maximum absolute atomic E-state index is 12.9. The molecule has 1 amide bonds. The largest absolute Gasteiger partial charge is 0.467 e. The summed E-state index contributed by atoms with van der Waals surface area (Å²) in [5.74, 6) is 0.692. The van der Waals surface area contributed by atoms with Crippen LogP contribution in [0.5, 0.6) is 0 Å². The third-order valence-corrected chi connectivity index (χ3v) is 6.74. The minimum Gasteiger partial charge on any atom is -0.467 e. The smallest absolute Gasteiger partial charge is 0.255 e. The van der Waals surface area contributed by atoms with Gasteiger partial charge in [0, 0.05) is 16.0 Å². The number of carbonyl (C=O) groups excluding carboxylic acids is 1. The molecule has 0 bridgehead atoms. The fraction of sp³-hybridized carbons (Fsp3) is 0.300. The summed E-state index contributed by atoms with van der Waals surface area (Å²) in [7, 11) is 0. The number of hydrogen-bond acceptors (Lipinski definition) is 5. The molecule has 3 aromatic heterocycles. The number of nitrogens with one attached hydrogen (secondary N) is 1. The van der Waals surface area contributed by atoms with Crippen LogP contribution in [-0.4, -0.2) is 12.1 Å². The molecule has 4 rings (SSSR count). The molecule has 1 N–H and O–H groups in total. The van der Waals surface area contributed by atoms with Gasteiger partial charge in [-0.2, -0.15) is 0 Å². The summed E-state index contributed by atoms with van der Waals surface area (Å²) in [6.07, 6.45) is 7.84. The second kappa shape index (κ2) is 7.60. The highest BCUT2D eigenvalue weighted by atomic mass is 32.1. The number of furan rings is 1. The minimum atomic E-state index is -0.0594. The van der Waals surface area contributed by atoms with Crippen molar-refractivity contribution < 1.29 is 9.21 Å². The number of nitrogens with zero attached hydrogens (tertiary/aromatic N) is 1. The summed E-state index contributed by atoms with van der Waals surface area (Å²) >= 11 is 3.33. The molecule has 0 fully saturated rings. The minimum absolute atomic E-state index is 0.0594. The molecule has 3 heterocycles. The van der Waals surface area contributed by atoms with E-state index < -0.39 is 0 Å². The van der Waals surface area contributed by atoms with E-state index in [4.69, 9.17) is 9.41 Å². The lowest BCUT2D eigenvalue weighted by Gasteiger charge is -2.12. The van der Waals surface area contributed by atoms with E-state index in [1.165, 1.54) is 22.4 Å². The summed E-state index contributed by atoms with van der Waals surface area (Å²) in [6, 6.07) is 5.78. The van der Waals surface area contributed by atoms with E-state index in [9.17, 15) is 4.79 Å². The van der Waals surface area contributed by atoms with Crippen molar-refractivity contribution in [3.63, 3.8) is 0 Å². The molecule has 26 heavy (non-hydrogen) atoms. The molecule has 0 aliphatic heterocycles. The first kappa shape index (κ1) is 17.2. The van der Waals surface area contributed by atoms with Gasteiger partial charge in [0.15, 0.2) is 0 Å². The van der Waals surface area contributed by atoms with E-state index >= 15 is 0 Å². The predicted octanol–water partition coefficient (Wildman–Crippen LogP) is 5.27. The fourth-order valence-electron chi connectivity index (χ4n) is 3.18. The Morgan fingerprint density at radius 3 is 3.00 bits per heavy atom. The topological polar surface area (TPSA) is 54.6 Å². The van der Waals surface area contributed by atoms with Crippen LogP contribution in [0.25, 0.3) is 0 Å². The van der Waals surface area contributed by atoms with E-state index in [0.29, 0.717) is 6.54 Å². The SMILES string of the molecule is Cc1ccsc1C=Nc1sc2c(c1C(=O)NCc1ccco1)CCCC2. The Morgan fingerprint density at radius 2 is 2.23 bits per heavy atom. The van der Waals surface area contributed by atoms with Crippen molar-refractivity contribution in [2.75, 3.05) is 0 Å². The van der Waals surface area contributed by atoms with Gasteiger partial charge in [-0.05, 0) is 67.3 Å². The maximum atomic E-state index is 12.9. The fourth-order valence-corrected chi connectivity index (χ4v) is 5.20. The zero-order valence-corrected chi connectivity index (χ0v) is 16.2. The molecule has 134 valence electrons. The molecule has 0 atom stereocenters. The van der Waals surface area contributed by atoms with Gasteiger partial charge in [0.2, 0.25) is 0 Å². The van der Waals surface area contributed by atoms with Crippen LogP contribution < -0.4 is 5.32 Å². The second-order valence-corrected chi connectivity index (χ2v) is 8.41. The molecule has 0 unspecified atom stereocenters. The van der Waals surface area contributed by atoms with E-state index in [1.54, 1.807) is 28.9 Å². The second-order valence-electron chi connectivity index (χ2n) is 6.38. The Hall–Kier alpha value is -2.18. The molecule has 0 saturated carbocycles. The van der Waals surface area contributed by atoms with Gasteiger partial charge < -0.3 is 9.73 Å². The lowest BCUT2D eigenvalue weighted by Crippen LogP contribution is -2.23. The van der Waals surface area contributed by atoms with Gasteiger partial charge in [-0.1, -0.05) is 0 Å². The van der Waals surface area contributed by atoms with Crippen molar-refractivity contribution in [3.05, 3.63) is 62.0 Å². The van der Waals surface area contributed by atoms with Crippen LogP contribution >= 0.6 is 22.7 Å².